The van der Waals surface area contributed by atoms with Gasteiger partial charge in [-0.15, -0.1) is 0 Å². The fraction of sp³-hybridized carbons (Fsp3) is 0.143. The van der Waals surface area contributed by atoms with Crippen molar-refractivity contribution in [2.24, 2.45) is 12.8 Å². The van der Waals surface area contributed by atoms with Gasteiger partial charge in [0.15, 0.2) is 0 Å². The lowest BCUT2D eigenvalue weighted by molar-refractivity contribution is -0.124. The lowest BCUT2D eigenvalue weighted by Crippen LogP contribution is -2.45. The number of carbonyl (C=O) groups excluding carboxylic acids is 2. The summed E-state index contributed by atoms with van der Waals surface area (Å²) in [5.41, 5.74) is 8.41. The number of aryl methyl sites for hydroxylation is 1. The van der Waals surface area contributed by atoms with E-state index in [1.54, 1.807) is 6.08 Å². The number of nitrogens with one attached hydrogen (secondary N) is 1. The Balaban J connectivity index is 1.71. The van der Waals surface area contributed by atoms with Gasteiger partial charge in [-0.05, 0) is 17.7 Å². The fourth-order valence-corrected chi connectivity index (χ4v) is 2.96. The summed E-state index contributed by atoms with van der Waals surface area (Å²) in [4.78, 5) is 23.9. The monoisotopic (exact) mass is 347 g/mol. The van der Waals surface area contributed by atoms with Crippen LogP contribution in [0.15, 0.2) is 66.9 Å². The van der Waals surface area contributed by atoms with Crippen LogP contribution in [0, 0.1) is 0 Å². The van der Waals surface area contributed by atoms with Gasteiger partial charge in [-0.1, -0.05) is 48.5 Å². The van der Waals surface area contributed by atoms with E-state index in [2.05, 4.69) is 5.32 Å². The van der Waals surface area contributed by atoms with Crippen molar-refractivity contribution >= 4 is 28.8 Å². The van der Waals surface area contributed by atoms with Crippen LogP contribution in [0.25, 0.3) is 17.0 Å². The Morgan fingerprint density at radius 2 is 1.81 bits per heavy atom. The predicted octanol–water partition coefficient (Wildman–Crippen LogP) is 2.40. The summed E-state index contributed by atoms with van der Waals surface area (Å²) in [7, 11) is 1.96. The molecule has 2 aromatic carbocycles. The van der Waals surface area contributed by atoms with Crippen LogP contribution >= 0.6 is 0 Å². The number of carbonyl (C=O) groups is 2. The molecule has 26 heavy (non-hydrogen) atoms. The zero-order valence-corrected chi connectivity index (χ0v) is 14.6. The van der Waals surface area contributed by atoms with E-state index in [1.165, 1.54) is 6.08 Å². The van der Waals surface area contributed by atoms with E-state index in [4.69, 9.17) is 5.73 Å². The Morgan fingerprint density at radius 1 is 1.12 bits per heavy atom. The third-order valence-corrected chi connectivity index (χ3v) is 4.28. The summed E-state index contributed by atoms with van der Waals surface area (Å²) >= 11 is 0. The van der Waals surface area contributed by atoms with Crippen LogP contribution in [0.2, 0.25) is 0 Å². The van der Waals surface area contributed by atoms with Crippen LogP contribution in [0.5, 0.6) is 0 Å². The maximum absolute atomic E-state index is 12.3. The molecule has 0 saturated carbocycles. The molecule has 2 amide bonds. The fourth-order valence-electron chi connectivity index (χ4n) is 2.96. The molecule has 0 unspecified atom stereocenters. The average Bonchev–Trinajstić information content (AvgIpc) is 2.96. The van der Waals surface area contributed by atoms with Crippen LogP contribution in [-0.2, 0) is 23.1 Å². The molecule has 1 atom stereocenters. The topological polar surface area (TPSA) is 77.1 Å². The van der Waals surface area contributed by atoms with Crippen molar-refractivity contribution in [3.05, 3.63) is 78.0 Å². The van der Waals surface area contributed by atoms with Crippen LogP contribution in [-0.4, -0.2) is 22.4 Å². The molecule has 5 nitrogen and oxygen atoms in total. The van der Waals surface area contributed by atoms with Gasteiger partial charge in [0, 0.05) is 42.2 Å². The zero-order chi connectivity index (χ0) is 18.5. The second-order valence-corrected chi connectivity index (χ2v) is 6.20. The first-order valence-electron chi connectivity index (χ1n) is 8.40. The van der Waals surface area contributed by atoms with Crippen molar-refractivity contribution in [3.8, 4) is 0 Å². The predicted molar refractivity (Wildman–Crippen MR) is 103 cm³/mol. The van der Waals surface area contributed by atoms with Crippen molar-refractivity contribution in [1.29, 1.82) is 0 Å². The first-order chi connectivity index (χ1) is 12.5. The van der Waals surface area contributed by atoms with E-state index in [1.807, 2.05) is 72.4 Å². The highest BCUT2D eigenvalue weighted by Gasteiger charge is 2.17. The van der Waals surface area contributed by atoms with E-state index in [-0.39, 0.29) is 5.91 Å². The lowest BCUT2D eigenvalue weighted by atomic mass is 10.1. The second-order valence-electron chi connectivity index (χ2n) is 6.20. The number of hydrogen-bond donors (Lipinski definition) is 2. The molecule has 0 aliphatic heterocycles. The van der Waals surface area contributed by atoms with E-state index in [0.717, 1.165) is 22.0 Å². The van der Waals surface area contributed by atoms with Crippen molar-refractivity contribution in [1.82, 2.24) is 9.88 Å². The third-order valence-electron chi connectivity index (χ3n) is 4.28. The molecule has 0 aliphatic carbocycles. The highest BCUT2D eigenvalue weighted by Crippen LogP contribution is 2.21. The number of aromatic nitrogens is 1. The molecule has 3 aromatic rings. The van der Waals surface area contributed by atoms with Crippen molar-refractivity contribution in [2.45, 2.75) is 12.5 Å². The van der Waals surface area contributed by atoms with Gasteiger partial charge in [0.05, 0.1) is 0 Å². The number of rotatable bonds is 6. The molecule has 1 aromatic heterocycles. The van der Waals surface area contributed by atoms with E-state index in [9.17, 15) is 9.59 Å². The van der Waals surface area contributed by atoms with Crippen molar-refractivity contribution in [2.75, 3.05) is 0 Å². The van der Waals surface area contributed by atoms with Crippen molar-refractivity contribution < 1.29 is 9.59 Å². The summed E-state index contributed by atoms with van der Waals surface area (Å²) in [6, 6.07) is 16.7. The summed E-state index contributed by atoms with van der Waals surface area (Å²) in [6.45, 7) is 0. The number of nitrogens with zero attached hydrogens (tertiary/aromatic N) is 1. The summed E-state index contributed by atoms with van der Waals surface area (Å²) < 4.78 is 2.01. The molecule has 3 rings (SSSR count). The number of amides is 2. The van der Waals surface area contributed by atoms with Crippen LogP contribution in [0.4, 0.5) is 0 Å². The highest BCUT2D eigenvalue weighted by molar-refractivity contribution is 5.98. The Bertz CT molecular complexity index is 958. The van der Waals surface area contributed by atoms with Crippen molar-refractivity contribution in [3.63, 3.8) is 0 Å². The number of benzene rings is 2. The molecule has 0 spiro atoms. The van der Waals surface area contributed by atoms with E-state index < -0.39 is 11.9 Å². The van der Waals surface area contributed by atoms with E-state index >= 15 is 0 Å². The summed E-state index contributed by atoms with van der Waals surface area (Å²) in [6.07, 6.45) is 5.51. The molecule has 0 aliphatic rings. The second kappa shape index (κ2) is 7.70. The minimum Gasteiger partial charge on any atom is -0.368 e. The van der Waals surface area contributed by atoms with Crippen LogP contribution in [0.1, 0.15) is 11.1 Å². The molecule has 0 saturated heterocycles. The Kier molecular flexibility index (Phi) is 5.17. The smallest absolute Gasteiger partial charge is 0.244 e. The van der Waals surface area contributed by atoms with Crippen LogP contribution < -0.4 is 11.1 Å². The number of para-hydroxylation sites is 1. The standard InChI is InChI=1S/C21H21N3O2/c1-24-14-16(17-9-5-6-10-19(17)24)11-12-20(25)23-18(21(22)26)13-15-7-3-2-4-8-15/h2-12,14,18H,13H2,1H3,(H2,22,26)(H,23,25)/b12-11+/t18-/m1/s1. The minimum absolute atomic E-state index is 0.349. The van der Waals surface area contributed by atoms with Gasteiger partial charge in [0.1, 0.15) is 6.04 Å². The lowest BCUT2D eigenvalue weighted by Gasteiger charge is -2.14. The molecular formula is C21H21N3O2. The van der Waals surface area contributed by atoms with Gasteiger partial charge >= 0.3 is 0 Å². The minimum atomic E-state index is -0.748. The third kappa shape index (κ3) is 4.00. The molecule has 5 heteroatoms. The van der Waals surface area contributed by atoms with Gasteiger partial charge in [-0.3, -0.25) is 9.59 Å². The number of fused-ring (bicyclic) bond motifs is 1. The number of primary amides is 1. The number of nitrogens with two attached hydrogens (primary N) is 1. The molecular weight excluding hydrogens is 326 g/mol. The summed E-state index contributed by atoms with van der Waals surface area (Å²) in [5.74, 6) is -0.904. The zero-order valence-electron chi connectivity index (χ0n) is 14.6. The molecule has 1 heterocycles. The average molecular weight is 347 g/mol. The van der Waals surface area contributed by atoms with Crippen LogP contribution in [0.3, 0.4) is 0 Å². The van der Waals surface area contributed by atoms with Gasteiger partial charge in [-0.2, -0.15) is 0 Å². The first kappa shape index (κ1) is 17.5. The Labute approximate surface area is 152 Å². The van der Waals surface area contributed by atoms with Gasteiger partial charge in [0.2, 0.25) is 11.8 Å². The summed E-state index contributed by atoms with van der Waals surface area (Å²) in [5, 5.41) is 3.75. The molecule has 0 radical (unpaired) electrons. The molecule has 0 bridgehead atoms. The quantitative estimate of drug-likeness (QED) is 0.672. The first-order valence-corrected chi connectivity index (χ1v) is 8.40. The van der Waals surface area contributed by atoms with E-state index in [0.29, 0.717) is 6.42 Å². The maximum Gasteiger partial charge on any atom is 0.244 e. The SMILES string of the molecule is Cn1cc(/C=C/C(=O)N[C@H](Cc2ccccc2)C(N)=O)c2ccccc21. The highest BCUT2D eigenvalue weighted by atomic mass is 16.2. The van der Waals surface area contributed by atoms with Gasteiger partial charge < -0.3 is 15.6 Å². The largest absolute Gasteiger partial charge is 0.368 e. The van der Waals surface area contributed by atoms with Gasteiger partial charge in [0.25, 0.3) is 0 Å². The Morgan fingerprint density at radius 3 is 2.54 bits per heavy atom. The molecule has 3 N–H and O–H groups in total. The Hall–Kier alpha value is -3.34. The molecule has 0 fully saturated rings. The normalized spacial score (nSPS) is 12.3. The van der Waals surface area contributed by atoms with Gasteiger partial charge in [-0.25, -0.2) is 0 Å². The number of hydrogen-bond acceptors (Lipinski definition) is 2. The maximum atomic E-state index is 12.3. The molecule has 132 valence electrons.